The molecule has 2 rings (SSSR count). The van der Waals surface area contributed by atoms with Gasteiger partial charge in [0.05, 0.1) is 5.69 Å². The highest BCUT2D eigenvalue weighted by Crippen LogP contribution is 2.37. The first kappa shape index (κ1) is 14.8. The zero-order valence-electron chi connectivity index (χ0n) is 12.7. The van der Waals surface area contributed by atoms with Crippen molar-refractivity contribution in [2.45, 2.75) is 46.0 Å². The molecule has 3 nitrogen and oxygen atoms in total. The summed E-state index contributed by atoms with van der Waals surface area (Å²) in [7, 11) is 0. The molecule has 0 unspecified atom stereocenters. The van der Waals surface area contributed by atoms with Crippen LogP contribution in [0.15, 0.2) is 12.3 Å². The van der Waals surface area contributed by atoms with E-state index in [1.807, 2.05) is 6.08 Å². The van der Waals surface area contributed by atoms with Crippen molar-refractivity contribution in [2.75, 3.05) is 18.5 Å². The first-order valence-electron chi connectivity index (χ1n) is 7.75. The van der Waals surface area contributed by atoms with E-state index in [-0.39, 0.29) is 0 Å². The van der Waals surface area contributed by atoms with Crippen molar-refractivity contribution in [3.8, 4) is 5.75 Å². The van der Waals surface area contributed by atoms with Gasteiger partial charge in [0.25, 0.3) is 0 Å². The fourth-order valence-corrected chi connectivity index (χ4v) is 2.82. The fourth-order valence-electron chi connectivity index (χ4n) is 2.82. The molecule has 20 heavy (non-hydrogen) atoms. The lowest BCUT2D eigenvalue weighted by molar-refractivity contribution is 0.322. The van der Waals surface area contributed by atoms with Crippen LogP contribution in [0.3, 0.4) is 0 Å². The lowest BCUT2D eigenvalue weighted by Gasteiger charge is -2.25. The number of hydrogen-bond donors (Lipinski definition) is 2. The third-order valence-corrected chi connectivity index (χ3v) is 3.76. The second kappa shape index (κ2) is 7.22. The number of nitrogens with two attached hydrogens (primary N) is 1. The Morgan fingerprint density at radius 2 is 2.15 bits per heavy atom. The summed E-state index contributed by atoms with van der Waals surface area (Å²) in [6, 6.07) is 2.23. The molecule has 0 amide bonds. The fraction of sp³-hybridized carbons (Fsp3) is 0.529. The highest BCUT2D eigenvalue weighted by atomic mass is 16.5. The van der Waals surface area contributed by atoms with Crippen LogP contribution >= 0.6 is 0 Å². The van der Waals surface area contributed by atoms with Crippen LogP contribution in [0.5, 0.6) is 5.75 Å². The SMILES string of the molecule is CCCCc1cc2c(c(/C=C\N)c1CCC)NCCO2. The Labute approximate surface area is 122 Å². The summed E-state index contributed by atoms with van der Waals surface area (Å²) in [5, 5.41) is 3.47. The van der Waals surface area contributed by atoms with Gasteiger partial charge in [0.15, 0.2) is 0 Å². The number of hydrogen-bond acceptors (Lipinski definition) is 3. The van der Waals surface area contributed by atoms with Gasteiger partial charge in [-0.1, -0.05) is 26.7 Å². The second-order valence-electron chi connectivity index (χ2n) is 5.29. The van der Waals surface area contributed by atoms with Crippen LogP contribution in [0.4, 0.5) is 5.69 Å². The second-order valence-corrected chi connectivity index (χ2v) is 5.29. The van der Waals surface area contributed by atoms with Crippen LogP contribution in [-0.4, -0.2) is 13.2 Å². The number of benzene rings is 1. The predicted molar refractivity (Wildman–Crippen MR) is 86.3 cm³/mol. The maximum absolute atomic E-state index is 5.83. The van der Waals surface area contributed by atoms with Crippen molar-refractivity contribution in [3.05, 3.63) is 29.0 Å². The Kier molecular flexibility index (Phi) is 5.33. The van der Waals surface area contributed by atoms with Crippen molar-refractivity contribution < 1.29 is 4.74 Å². The minimum absolute atomic E-state index is 0.735. The molecule has 0 bridgehead atoms. The molecule has 0 aliphatic carbocycles. The average molecular weight is 274 g/mol. The van der Waals surface area contributed by atoms with Crippen molar-refractivity contribution in [2.24, 2.45) is 5.73 Å². The predicted octanol–water partition coefficient (Wildman–Crippen LogP) is 3.72. The molecule has 0 aromatic heterocycles. The summed E-state index contributed by atoms with van der Waals surface area (Å²) in [5.74, 6) is 0.982. The van der Waals surface area contributed by atoms with Gasteiger partial charge in [-0.2, -0.15) is 0 Å². The normalized spacial score (nSPS) is 13.9. The molecule has 3 N–H and O–H groups in total. The number of aryl methyl sites for hydroxylation is 1. The summed E-state index contributed by atoms with van der Waals surface area (Å²) < 4.78 is 5.83. The van der Waals surface area contributed by atoms with Crippen LogP contribution in [0, 0.1) is 0 Å². The van der Waals surface area contributed by atoms with E-state index >= 15 is 0 Å². The van der Waals surface area contributed by atoms with Gasteiger partial charge < -0.3 is 15.8 Å². The van der Waals surface area contributed by atoms with Crippen molar-refractivity contribution >= 4 is 11.8 Å². The van der Waals surface area contributed by atoms with E-state index in [0.717, 1.165) is 43.9 Å². The van der Waals surface area contributed by atoms with Gasteiger partial charge in [0.1, 0.15) is 12.4 Å². The van der Waals surface area contributed by atoms with Crippen LogP contribution in [-0.2, 0) is 12.8 Å². The van der Waals surface area contributed by atoms with Gasteiger partial charge in [0.2, 0.25) is 0 Å². The Morgan fingerprint density at radius 3 is 2.85 bits per heavy atom. The molecule has 0 saturated carbocycles. The molecule has 1 aromatic carbocycles. The first-order valence-corrected chi connectivity index (χ1v) is 7.75. The zero-order valence-corrected chi connectivity index (χ0v) is 12.7. The van der Waals surface area contributed by atoms with Gasteiger partial charge >= 0.3 is 0 Å². The van der Waals surface area contributed by atoms with Gasteiger partial charge in [-0.3, -0.25) is 0 Å². The summed E-state index contributed by atoms with van der Waals surface area (Å²) in [4.78, 5) is 0. The topological polar surface area (TPSA) is 47.3 Å². The lowest BCUT2D eigenvalue weighted by atomic mass is 9.91. The number of anilines is 1. The largest absolute Gasteiger partial charge is 0.490 e. The lowest BCUT2D eigenvalue weighted by Crippen LogP contribution is -2.20. The molecule has 0 spiro atoms. The zero-order chi connectivity index (χ0) is 14.4. The van der Waals surface area contributed by atoms with Crippen LogP contribution in [0.2, 0.25) is 0 Å². The van der Waals surface area contributed by atoms with E-state index in [1.54, 1.807) is 6.20 Å². The van der Waals surface area contributed by atoms with Crippen LogP contribution < -0.4 is 15.8 Å². The molecule has 0 fully saturated rings. The highest BCUT2D eigenvalue weighted by molar-refractivity contribution is 5.77. The smallest absolute Gasteiger partial charge is 0.143 e. The Morgan fingerprint density at radius 1 is 1.30 bits per heavy atom. The molecule has 0 radical (unpaired) electrons. The van der Waals surface area contributed by atoms with E-state index < -0.39 is 0 Å². The Hall–Kier alpha value is -1.64. The highest BCUT2D eigenvalue weighted by Gasteiger charge is 2.19. The van der Waals surface area contributed by atoms with E-state index in [0.29, 0.717) is 0 Å². The monoisotopic (exact) mass is 274 g/mol. The number of unbranched alkanes of at least 4 members (excludes halogenated alkanes) is 1. The molecule has 0 atom stereocenters. The quantitative estimate of drug-likeness (QED) is 0.831. The van der Waals surface area contributed by atoms with Gasteiger partial charge in [-0.15, -0.1) is 0 Å². The van der Waals surface area contributed by atoms with Gasteiger partial charge in [-0.05, 0) is 48.7 Å². The standard InChI is InChI=1S/C17H26N2O/c1-3-5-7-13-12-16-17(19-10-11-20-16)15(8-9-18)14(13)6-4-2/h8-9,12,19H,3-7,10-11,18H2,1-2H3/b9-8-. The van der Waals surface area contributed by atoms with E-state index in [2.05, 4.69) is 25.2 Å². The van der Waals surface area contributed by atoms with E-state index in [1.165, 1.54) is 29.5 Å². The van der Waals surface area contributed by atoms with Gasteiger partial charge in [-0.25, -0.2) is 0 Å². The van der Waals surface area contributed by atoms with E-state index in [9.17, 15) is 0 Å². The number of ether oxygens (including phenoxy) is 1. The van der Waals surface area contributed by atoms with Crippen molar-refractivity contribution in [1.82, 2.24) is 0 Å². The molecule has 110 valence electrons. The summed E-state index contributed by atoms with van der Waals surface area (Å²) in [6.45, 7) is 6.05. The summed E-state index contributed by atoms with van der Waals surface area (Å²) in [6.07, 6.45) is 9.43. The summed E-state index contributed by atoms with van der Waals surface area (Å²) >= 11 is 0. The maximum Gasteiger partial charge on any atom is 0.143 e. The molecular formula is C17H26N2O. The first-order chi connectivity index (χ1) is 9.81. The number of nitrogens with one attached hydrogen (secondary N) is 1. The Balaban J connectivity index is 2.52. The minimum Gasteiger partial charge on any atom is -0.490 e. The molecular weight excluding hydrogens is 248 g/mol. The van der Waals surface area contributed by atoms with Crippen LogP contribution in [0.25, 0.3) is 6.08 Å². The molecule has 0 saturated heterocycles. The Bertz CT molecular complexity index is 480. The van der Waals surface area contributed by atoms with Crippen molar-refractivity contribution in [1.29, 1.82) is 0 Å². The van der Waals surface area contributed by atoms with E-state index in [4.69, 9.17) is 10.5 Å². The summed E-state index contributed by atoms with van der Waals surface area (Å²) in [5.41, 5.74) is 10.8. The molecule has 3 heteroatoms. The molecule has 1 aromatic rings. The third kappa shape index (κ3) is 3.09. The molecule has 1 aliphatic heterocycles. The third-order valence-electron chi connectivity index (χ3n) is 3.76. The van der Waals surface area contributed by atoms with Crippen LogP contribution in [0.1, 0.15) is 49.8 Å². The molecule has 1 aliphatic rings. The van der Waals surface area contributed by atoms with Gasteiger partial charge in [0, 0.05) is 12.1 Å². The maximum atomic E-state index is 5.83. The molecule has 1 heterocycles. The minimum atomic E-state index is 0.735. The average Bonchev–Trinajstić information content (AvgIpc) is 2.48. The van der Waals surface area contributed by atoms with Crippen molar-refractivity contribution in [3.63, 3.8) is 0 Å². The number of rotatable bonds is 6. The number of fused-ring (bicyclic) bond motifs is 1.